The number of nitrogens with one attached hydrogen (secondary N) is 1. The molecule has 0 rings (SSSR count). The van der Waals surface area contributed by atoms with Crippen LogP contribution in [0.5, 0.6) is 0 Å². The van der Waals surface area contributed by atoms with Crippen LogP contribution in [0, 0.1) is 0 Å². The fraction of sp³-hybridized carbons (Fsp3) is 0.333. The van der Waals surface area contributed by atoms with Crippen molar-refractivity contribution < 1.29 is 0 Å². The summed E-state index contributed by atoms with van der Waals surface area (Å²) >= 11 is 0. The van der Waals surface area contributed by atoms with Crippen molar-refractivity contribution in [1.29, 1.82) is 0 Å². The van der Waals surface area contributed by atoms with Gasteiger partial charge in [-0.05, 0) is 13.8 Å². The molecule has 88 valence electrons. The lowest BCUT2D eigenvalue weighted by Gasteiger charge is -2.00. The maximum absolute atomic E-state index is 5.58. The van der Waals surface area contributed by atoms with Crippen molar-refractivity contribution in [3.8, 4) is 0 Å². The third-order valence-corrected chi connectivity index (χ3v) is 1.56. The van der Waals surface area contributed by atoms with Crippen molar-refractivity contribution in [3.05, 3.63) is 37.0 Å². The average Bonchev–Trinajstić information content (AvgIpc) is 2.20. The first kappa shape index (κ1) is 14.2. The zero-order chi connectivity index (χ0) is 12.4. The molecule has 0 aromatic carbocycles. The number of hydrogen-bond acceptors (Lipinski definition) is 2. The van der Waals surface area contributed by atoms with Gasteiger partial charge >= 0.3 is 0 Å². The van der Waals surface area contributed by atoms with Gasteiger partial charge in [0.1, 0.15) is 0 Å². The van der Waals surface area contributed by atoms with Crippen LogP contribution < -0.4 is 11.1 Å². The number of nitrogens with zero attached hydrogens (tertiary/aromatic N) is 2. The van der Waals surface area contributed by atoms with Crippen LogP contribution >= 0.6 is 0 Å². The molecule has 0 atom stereocenters. The minimum absolute atomic E-state index is 0.301. The van der Waals surface area contributed by atoms with Gasteiger partial charge in [-0.25, -0.2) is 0 Å². The van der Waals surface area contributed by atoms with Crippen molar-refractivity contribution in [1.82, 2.24) is 5.32 Å². The van der Waals surface area contributed by atoms with Crippen LogP contribution in [0.15, 0.2) is 47.2 Å². The Morgan fingerprint density at radius 1 is 1.38 bits per heavy atom. The van der Waals surface area contributed by atoms with Crippen LogP contribution in [0.25, 0.3) is 0 Å². The van der Waals surface area contributed by atoms with Crippen molar-refractivity contribution in [2.75, 3.05) is 6.54 Å². The molecule has 0 aliphatic heterocycles. The highest BCUT2D eigenvalue weighted by Gasteiger charge is 1.92. The summed E-state index contributed by atoms with van der Waals surface area (Å²) in [6, 6.07) is 0. The number of rotatable bonds is 6. The zero-order valence-corrected chi connectivity index (χ0v) is 10.0. The topological polar surface area (TPSA) is 62.8 Å². The van der Waals surface area contributed by atoms with Gasteiger partial charge in [0.15, 0.2) is 0 Å². The molecule has 0 saturated carbocycles. The number of nitrogens with two attached hydrogens (primary N) is 1. The van der Waals surface area contributed by atoms with Gasteiger partial charge in [0, 0.05) is 18.7 Å². The molecule has 0 unspecified atom stereocenters. The Bertz CT molecular complexity index is 324. The minimum atomic E-state index is 0.301. The summed E-state index contributed by atoms with van der Waals surface area (Å²) in [5, 5.41) is 10.7. The molecule has 0 aromatic heterocycles. The predicted molar refractivity (Wildman–Crippen MR) is 71.5 cm³/mol. The van der Waals surface area contributed by atoms with Crippen molar-refractivity contribution in [2.24, 2.45) is 15.9 Å². The first-order valence-electron chi connectivity index (χ1n) is 5.08. The van der Waals surface area contributed by atoms with Gasteiger partial charge in [-0.3, -0.25) is 0 Å². The highest BCUT2D eigenvalue weighted by molar-refractivity contribution is 5.85. The Labute approximate surface area is 97.3 Å². The molecule has 4 heteroatoms. The Balaban J connectivity index is 4.06. The van der Waals surface area contributed by atoms with Crippen molar-refractivity contribution in [3.63, 3.8) is 0 Å². The molecule has 0 fully saturated rings. The molecule has 0 radical (unpaired) electrons. The molecule has 16 heavy (non-hydrogen) atoms. The molecule has 0 aliphatic carbocycles. The standard InChI is InChI=1S/C12H20N4/c1-5-6-7-8-14-12(13)16-15-11(4)9-10(2)3/h5-7H,1-2,8-9H2,3-4H3,(H3,13,14,16)/b7-6-,15-11+. The number of guanidine groups is 1. The van der Waals surface area contributed by atoms with E-state index in [-0.39, 0.29) is 0 Å². The molecule has 0 saturated heterocycles. The smallest absolute Gasteiger partial charge is 0.214 e. The van der Waals surface area contributed by atoms with E-state index >= 15 is 0 Å². The lowest BCUT2D eigenvalue weighted by Crippen LogP contribution is -2.31. The lowest BCUT2D eigenvalue weighted by molar-refractivity contribution is 0.997. The van der Waals surface area contributed by atoms with E-state index in [2.05, 4.69) is 28.7 Å². The predicted octanol–water partition coefficient (Wildman–Crippen LogP) is 1.98. The summed E-state index contributed by atoms with van der Waals surface area (Å²) < 4.78 is 0. The van der Waals surface area contributed by atoms with Crippen LogP contribution in [-0.4, -0.2) is 18.2 Å². The Kier molecular flexibility index (Phi) is 7.49. The van der Waals surface area contributed by atoms with Gasteiger partial charge in [-0.1, -0.05) is 37.0 Å². The highest BCUT2D eigenvalue weighted by atomic mass is 15.3. The van der Waals surface area contributed by atoms with E-state index < -0.39 is 0 Å². The second-order valence-electron chi connectivity index (χ2n) is 3.50. The second-order valence-corrected chi connectivity index (χ2v) is 3.50. The third kappa shape index (κ3) is 8.74. The fourth-order valence-corrected chi connectivity index (χ4v) is 0.974. The molecule has 0 amide bonds. The molecule has 0 bridgehead atoms. The first-order valence-corrected chi connectivity index (χ1v) is 5.08. The summed E-state index contributed by atoms with van der Waals surface area (Å²) in [5.41, 5.74) is 7.53. The third-order valence-electron chi connectivity index (χ3n) is 1.56. The molecule has 0 spiro atoms. The summed E-state index contributed by atoms with van der Waals surface area (Å²) in [6.07, 6.45) is 6.16. The molecule has 3 N–H and O–H groups in total. The van der Waals surface area contributed by atoms with E-state index in [0.717, 1.165) is 17.7 Å². The summed E-state index contributed by atoms with van der Waals surface area (Å²) in [4.78, 5) is 0. The summed E-state index contributed by atoms with van der Waals surface area (Å²) in [7, 11) is 0. The van der Waals surface area contributed by atoms with Gasteiger partial charge in [0.05, 0.1) is 0 Å². The van der Waals surface area contributed by atoms with Crippen LogP contribution in [0.3, 0.4) is 0 Å². The highest BCUT2D eigenvalue weighted by Crippen LogP contribution is 1.97. The van der Waals surface area contributed by atoms with E-state index in [1.165, 1.54) is 0 Å². The van der Waals surface area contributed by atoms with Crippen LogP contribution in [-0.2, 0) is 0 Å². The molecular weight excluding hydrogens is 200 g/mol. The van der Waals surface area contributed by atoms with E-state index in [0.29, 0.717) is 12.5 Å². The van der Waals surface area contributed by atoms with Gasteiger partial charge in [-0.2, -0.15) is 5.10 Å². The van der Waals surface area contributed by atoms with Crippen LogP contribution in [0.1, 0.15) is 20.3 Å². The minimum Gasteiger partial charge on any atom is -0.368 e. The number of allylic oxidation sites excluding steroid dienone is 3. The fourth-order valence-electron chi connectivity index (χ4n) is 0.974. The van der Waals surface area contributed by atoms with E-state index in [1.54, 1.807) is 6.08 Å². The Hall–Kier alpha value is -1.84. The normalized spacial score (nSPS) is 12.9. The first-order chi connectivity index (χ1) is 7.56. The molecular formula is C12H20N4. The maximum atomic E-state index is 5.58. The van der Waals surface area contributed by atoms with Gasteiger partial charge < -0.3 is 11.1 Å². The van der Waals surface area contributed by atoms with Gasteiger partial charge in [0.2, 0.25) is 5.96 Å². The Morgan fingerprint density at radius 3 is 2.62 bits per heavy atom. The van der Waals surface area contributed by atoms with E-state index in [4.69, 9.17) is 5.73 Å². The lowest BCUT2D eigenvalue weighted by atomic mass is 10.2. The molecule has 0 aliphatic rings. The summed E-state index contributed by atoms with van der Waals surface area (Å²) in [5.74, 6) is 0.301. The van der Waals surface area contributed by atoms with Crippen molar-refractivity contribution in [2.45, 2.75) is 20.3 Å². The van der Waals surface area contributed by atoms with Gasteiger partial charge in [0.25, 0.3) is 0 Å². The van der Waals surface area contributed by atoms with Gasteiger partial charge in [-0.15, -0.1) is 5.10 Å². The van der Waals surface area contributed by atoms with E-state index in [9.17, 15) is 0 Å². The van der Waals surface area contributed by atoms with Crippen LogP contribution in [0.4, 0.5) is 0 Å². The molecule has 0 heterocycles. The monoisotopic (exact) mass is 220 g/mol. The number of hydrogen-bond donors (Lipinski definition) is 2. The Morgan fingerprint density at radius 2 is 2.06 bits per heavy atom. The quantitative estimate of drug-likeness (QED) is 0.236. The average molecular weight is 220 g/mol. The van der Waals surface area contributed by atoms with E-state index in [1.807, 2.05) is 26.0 Å². The second kappa shape index (κ2) is 8.47. The zero-order valence-electron chi connectivity index (χ0n) is 10.0. The molecule has 0 aromatic rings. The SMILES string of the molecule is C=C/C=C\CN/C(N)=N\N=C(/C)CC(=C)C. The summed E-state index contributed by atoms with van der Waals surface area (Å²) in [6.45, 7) is 11.8. The molecule has 4 nitrogen and oxygen atoms in total. The largest absolute Gasteiger partial charge is 0.368 e. The van der Waals surface area contributed by atoms with Crippen molar-refractivity contribution >= 4 is 11.7 Å². The van der Waals surface area contributed by atoms with Crippen LogP contribution in [0.2, 0.25) is 0 Å². The maximum Gasteiger partial charge on any atom is 0.214 e.